The van der Waals surface area contributed by atoms with Crippen LogP contribution >= 0.6 is 0 Å². The molecular weight excluding hydrogens is 188 g/mol. The summed E-state index contributed by atoms with van der Waals surface area (Å²) in [4.78, 5) is 0. The average molecular weight is 206 g/mol. The Kier molecular flexibility index (Phi) is 2.96. The monoisotopic (exact) mass is 206 g/mol. The molecule has 1 heterocycles. The van der Waals surface area contributed by atoms with E-state index in [1.807, 2.05) is 18.2 Å². The van der Waals surface area contributed by atoms with Gasteiger partial charge in [0.1, 0.15) is 5.75 Å². The Morgan fingerprint density at radius 1 is 1.33 bits per heavy atom. The fraction of sp³-hybridized carbons (Fsp3) is 0.538. The van der Waals surface area contributed by atoms with E-state index in [4.69, 9.17) is 4.74 Å². The van der Waals surface area contributed by atoms with Crippen LogP contribution in [-0.2, 0) is 4.74 Å². The molecule has 15 heavy (non-hydrogen) atoms. The molecular formula is C13H18O2. The van der Waals surface area contributed by atoms with Crippen LogP contribution in [0.1, 0.15) is 38.2 Å². The van der Waals surface area contributed by atoms with Gasteiger partial charge in [-0.2, -0.15) is 0 Å². The van der Waals surface area contributed by atoms with Crippen molar-refractivity contribution < 1.29 is 9.84 Å². The first-order valence-corrected chi connectivity index (χ1v) is 5.65. The average Bonchev–Trinajstić information content (AvgIpc) is 2.97. The summed E-state index contributed by atoms with van der Waals surface area (Å²) >= 11 is 0. The van der Waals surface area contributed by atoms with Gasteiger partial charge in [-0.1, -0.05) is 32.0 Å². The van der Waals surface area contributed by atoms with Gasteiger partial charge in [-0.3, -0.25) is 0 Å². The van der Waals surface area contributed by atoms with Gasteiger partial charge in [0.2, 0.25) is 0 Å². The first-order chi connectivity index (χ1) is 7.22. The first-order valence-electron chi connectivity index (χ1n) is 5.65. The third kappa shape index (κ3) is 2.32. The second-order valence-electron chi connectivity index (χ2n) is 4.32. The zero-order chi connectivity index (χ0) is 10.8. The second kappa shape index (κ2) is 4.23. The van der Waals surface area contributed by atoms with Gasteiger partial charge in [0.15, 0.2) is 0 Å². The van der Waals surface area contributed by atoms with Gasteiger partial charge in [0, 0.05) is 0 Å². The summed E-state index contributed by atoms with van der Waals surface area (Å²) in [6.07, 6.45) is 2.97. The Hall–Kier alpha value is -1.02. The fourth-order valence-electron chi connectivity index (χ4n) is 2.13. The van der Waals surface area contributed by atoms with E-state index in [0.717, 1.165) is 18.4 Å². The minimum Gasteiger partial charge on any atom is -0.508 e. The molecule has 0 aromatic heterocycles. The van der Waals surface area contributed by atoms with E-state index in [0.29, 0.717) is 23.9 Å². The molecule has 0 radical (unpaired) electrons. The summed E-state index contributed by atoms with van der Waals surface area (Å²) in [5.41, 5.74) is 1.03. The van der Waals surface area contributed by atoms with Gasteiger partial charge in [-0.05, 0) is 30.4 Å². The Morgan fingerprint density at radius 3 is 2.67 bits per heavy atom. The Morgan fingerprint density at radius 2 is 2.07 bits per heavy atom. The van der Waals surface area contributed by atoms with E-state index in [2.05, 4.69) is 13.8 Å². The Bertz CT molecular complexity index is 335. The van der Waals surface area contributed by atoms with Crippen molar-refractivity contribution >= 4 is 0 Å². The highest BCUT2D eigenvalue weighted by Crippen LogP contribution is 2.36. The predicted molar refractivity (Wildman–Crippen MR) is 60.1 cm³/mol. The fourth-order valence-corrected chi connectivity index (χ4v) is 2.13. The second-order valence-corrected chi connectivity index (χ2v) is 4.32. The highest BCUT2D eigenvalue weighted by atomic mass is 16.6. The van der Waals surface area contributed by atoms with Gasteiger partial charge >= 0.3 is 0 Å². The lowest BCUT2D eigenvalue weighted by molar-refractivity contribution is 0.351. The minimum atomic E-state index is 0.368. The summed E-state index contributed by atoms with van der Waals surface area (Å²) in [5, 5.41) is 9.70. The van der Waals surface area contributed by atoms with E-state index in [9.17, 15) is 5.11 Å². The van der Waals surface area contributed by atoms with Gasteiger partial charge in [0.25, 0.3) is 0 Å². The maximum absolute atomic E-state index is 9.70. The Labute approximate surface area is 90.9 Å². The molecule has 2 heteroatoms. The van der Waals surface area contributed by atoms with E-state index in [-0.39, 0.29) is 0 Å². The lowest BCUT2D eigenvalue weighted by Crippen LogP contribution is -2.01. The molecule has 1 N–H and O–H groups in total. The molecule has 1 aromatic carbocycles. The lowest BCUT2D eigenvalue weighted by atomic mass is 9.94. The largest absolute Gasteiger partial charge is 0.508 e. The predicted octanol–water partition coefficient (Wildman–Crippen LogP) is 3.06. The molecule has 0 aliphatic carbocycles. The number of epoxide rings is 1. The van der Waals surface area contributed by atoms with Crippen molar-refractivity contribution in [3.63, 3.8) is 0 Å². The van der Waals surface area contributed by atoms with E-state index < -0.39 is 0 Å². The standard InChI is InChI=1S/C13H18O2/c1-3-12-13(15-12)8-9(2)10-6-4-5-7-11(10)14/h4-7,9,12-14H,3,8H2,1-2H3. The molecule has 3 atom stereocenters. The van der Waals surface area contributed by atoms with Crippen LogP contribution in [0.15, 0.2) is 24.3 Å². The summed E-state index contributed by atoms with van der Waals surface area (Å²) < 4.78 is 5.52. The summed E-state index contributed by atoms with van der Waals surface area (Å²) in [7, 11) is 0. The summed E-state index contributed by atoms with van der Waals surface area (Å²) in [6, 6.07) is 7.56. The van der Waals surface area contributed by atoms with Gasteiger partial charge < -0.3 is 9.84 Å². The molecule has 1 aliphatic rings. The number of ether oxygens (including phenoxy) is 1. The third-order valence-corrected chi connectivity index (χ3v) is 3.14. The van der Waals surface area contributed by atoms with Gasteiger partial charge in [-0.25, -0.2) is 0 Å². The highest BCUT2D eigenvalue weighted by molar-refractivity contribution is 5.34. The maximum Gasteiger partial charge on any atom is 0.119 e. The molecule has 3 unspecified atom stereocenters. The van der Waals surface area contributed by atoms with Crippen LogP contribution in [0.5, 0.6) is 5.75 Å². The number of benzene rings is 1. The van der Waals surface area contributed by atoms with E-state index >= 15 is 0 Å². The van der Waals surface area contributed by atoms with Gasteiger partial charge in [-0.15, -0.1) is 0 Å². The van der Waals surface area contributed by atoms with Crippen molar-refractivity contribution in [1.29, 1.82) is 0 Å². The van der Waals surface area contributed by atoms with Crippen LogP contribution in [-0.4, -0.2) is 17.3 Å². The van der Waals surface area contributed by atoms with Crippen LogP contribution in [0.3, 0.4) is 0 Å². The molecule has 2 nitrogen and oxygen atoms in total. The van der Waals surface area contributed by atoms with Crippen LogP contribution in [0.25, 0.3) is 0 Å². The number of phenolic OH excluding ortho intramolecular Hbond substituents is 1. The number of para-hydroxylation sites is 1. The lowest BCUT2D eigenvalue weighted by Gasteiger charge is -2.11. The van der Waals surface area contributed by atoms with Gasteiger partial charge in [0.05, 0.1) is 12.2 Å². The number of hydrogen-bond acceptors (Lipinski definition) is 2. The number of rotatable bonds is 4. The van der Waals surface area contributed by atoms with Crippen LogP contribution < -0.4 is 0 Å². The van der Waals surface area contributed by atoms with Crippen molar-refractivity contribution in [3.8, 4) is 5.75 Å². The number of aromatic hydroxyl groups is 1. The van der Waals surface area contributed by atoms with Crippen molar-refractivity contribution in [3.05, 3.63) is 29.8 Å². The zero-order valence-electron chi connectivity index (χ0n) is 9.31. The SMILES string of the molecule is CCC1OC1CC(C)c1ccccc1O. The first kappa shape index (κ1) is 10.5. The molecule has 0 amide bonds. The number of phenols is 1. The molecule has 1 aromatic rings. The topological polar surface area (TPSA) is 32.8 Å². The van der Waals surface area contributed by atoms with Crippen molar-refractivity contribution in [2.75, 3.05) is 0 Å². The van der Waals surface area contributed by atoms with E-state index in [1.165, 1.54) is 0 Å². The summed E-state index contributed by atoms with van der Waals surface area (Å²) in [5.74, 6) is 0.770. The number of hydrogen-bond donors (Lipinski definition) is 1. The third-order valence-electron chi connectivity index (χ3n) is 3.14. The molecule has 2 rings (SSSR count). The van der Waals surface area contributed by atoms with Crippen molar-refractivity contribution in [1.82, 2.24) is 0 Å². The molecule has 82 valence electrons. The molecule has 0 spiro atoms. The normalized spacial score (nSPS) is 26.3. The molecule has 1 aliphatic heterocycles. The quantitative estimate of drug-likeness (QED) is 0.768. The van der Waals surface area contributed by atoms with Crippen LogP contribution in [0.2, 0.25) is 0 Å². The summed E-state index contributed by atoms with van der Waals surface area (Å²) in [6.45, 7) is 4.29. The molecule has 1 fully saturated rings. The molecule has 1 saturated heterocycles. The van der Waals surface area contributed by atoms with Crippen molar-refractivity contribution in [2.45, 2.75) is 44.8 Å². The highest BCUT2D eigenvalue weighted by Gasteiger charge is 2.38. The van der Waals surface area contributed by atoms with Crippen molar-refractivity contribution in [2.24, 2.45) is 0 Å². The Balaban J connectivity index is 1.97. The zero-order valence-corrected chi connectivity index (χ0v) is 9.31. The van der Waals surface area contributed by atoms with Crippen LogP contribution in [0.4, 0.5) is 0 Å². The minimum absolute atomic E-state index is 0.368. The maximum atomic E-state index is 9.70. The molecule has 0 bridgehead atoms. The molecule has 0 saturated carbocycles. The van der Waals surface area contributed by atoms with Crippen LogP contribution in [0, 0.1) is 0 Å². The van der Waals surface area contributed by atoms with E-state index in [1.54, 1.807) is 6.07 Å². The smallest absolute Gasteiger partial charge is 0.119 e.